The van der Waals surface area contributed by atoms with Gasteiger partial charge in [-0.05, 0) is 34.8 Å². The maximum Gasteiger partial charge on any atom is 0.514 e. The van der Waals surface area contributed by atoms with E-state index in [4.69, 9.17) is 58.0 Å². The first kappa shape index (κ1) is 11.7. The normalized spacial score (nSPS) is 11.5. The van der Waals surface area contributed by atoms with Gasteiger partial charge in [0, 0.05) is 0 Å². The zero-order valence-corrected chi connectivity index (χ0v) is 8.47. The van der Waals surface area contributed by atoms with Gasteiger partial charge >= 0.3 is 10.1 Å². The predicted octanol–water partition coefficient (Wildman–Crippen LogP) is 3.23. The summed E-state index contributed by atoms with van der Waals surface area (Å²) in [5.74, 6) is 0. The van der Waals surface area contributed by atoms with E-state index in [-0.39, 0.29) is 0 Å². The lowest BCUT2D eigenvalue weighted by atomic mass is 11.3. The molecule has 0 unspecified atom stereocenters. The fraction of sp³-hybridized carbons (Fsp3) is 0.667. The highest BCUT2D eigenvalue weighted by atomic mass is 35.6. The van der Waals surface area contributed by atoms with Crippen molar-refractivity contribution in [2.45, 2.75) is 9.00 Å². The van der Waals surface area contributed by atoms with Crippen molar-refractivity contribution >= 4 is 64.2 Å². The van der Waals surface area contributed by atoms with E-state index in [2.05, 4.69) is 9.47 Å². The largest absolute Gasteiger partial charge is 0.514 e. The zero-order chi connectivity index (χ0) is 9.07. The molecule has 0 aliphatic carbocycles. The Morgan fingerprint density at radius 3 is 2.00 bits per heavy atom. The van der Waals surface area contributed by atoms with Gasteiger partial charge in [0.05, 0.1) is 0 Å². The fourth-order valence-electron chi connectivity index (χ4n) is 0.191. The Morgan fingerprint density at radius 2 is 1.73 bits per heavy atom. The third-order valence-electron chi connectivity index (χ3n) is 0.384. The van der Waals surface area contributed by atoms with Crippen molar-refractivity contribution < 1.29 is 14.3 Å². The molecule has 0 aromatic carbocycles. The van der Waals surface area contributed by atoms with Crippen LogP contribution in [0.1, 0.15) is 0 Å². The van der Waals surface area contributed by atoms with Gasteiger partial charge in [0.2, 0.25) is 0 Å². The molecule has 0 aliphatic rings. The zero-order valence-electron chi connectivity index (χ0n) is 4.69. The van der Waals surface area contributed by atoms with Crippen molar-refractivity contribution in [1.82, 2.24) is 0 Å². The summed E-state index contributed by atoms with van der Waals surface area (Å²) < 4.78 is 5.89. The Bertz CT molecular complexity index is 140. The summed E-state index contributed by atoms with van der Waals surface area (Å²) in [4.78, 5) is 10.4. The van der Waals surface area contributed by atoms with E-state index in [1.54, 1.807) is 0 Å². The second-order valence-corrected chi connectivity index (χ2v) is 4.37. The van der Waals surface area contributed by atoms with Crippen molar-refractivity contribution in [3.8, 4) is 0 Å². The van der Waals surface area contributed by atoms with Gasteiger partial charge in [0.25, 0.3) is 5.02 Å². The molecule has 0 bridgehead atoms. The molecule has 8 heteroatoms. The van der Waals surface area contributed by atoms with Crippen molar-refractivity contribution in [2.75, 3.05) is 0 Å². The lowest BCUT2D eigenvalue weighted by Gasteiger charge is -2.11. The van der Waals surface area contributed by atoms with Gasteiger partial charge in [0.15, 0.2) is 0 Å². The molecule has 0 aliphatic heterocycles. The Labute approximate surface area is 87.4 Å². The van der Waals surface area contributed by atoms with Gasteiger partial charge in [-0.25, -0.2) is 4.79 Å². The lowest BCUT2D eigenvalue weighted by Crippen LogP contribution is -2.18. The first-order valence-electron chi connectivity index (χ1n) is 2.06. The summed E-state index contributed by atoms with van der Waals surface area (Å²) in [6.07, 6.45) is -1.26. The molecule has 0 atom stereocenters. The number of rotatable bonds is 1. The van der Waals surface area contributed by atoms with E-state index in [0.717, 1.165) is 0 Å². The van der Waals surface area contributed by atoms with E-state index in [0.29, 0.717) is 0 Å². The molecule has 0 N–H and O–H groups in total. The monoisotopic (exact) mass is 260 g/mol. The Hall–Kier alpha value is 0.720. The molecule has 0 radical (unpaired) electrons. The first-order valence-corrected chi connectivity index (χ1v) is 4.06. The molecule has 0 heterocycles. The van der Waals surface area contributed by atoms with Crippen LogP contribution in [-0.4, -0.2) is 15.2 Å². The van der Waals surface area contributed by atoms with Crippen LogP contribution in [0.25, 0.3) is 0 Å². The second-order valence-electron chi connectivity index (χ2n) is 1.18. The van der Waals surface area contributed by atoms with Gasteiger partial charge < -0.3 is 9.47 Å². The summed E-state index contributed by atoms with van der Waals surface area (Å²) in [6, 6.07) is 0. The molecule has 0 aromatic heterocycles. The number of halogens is 5. The molecule has 3 nitrogen and oxygen atoms in total. The quantitative estimate of drug-likeness (QED) is 0.537. The summed E-state index contributed by atoms with van der Waals surface area (Å²) in [5.41, 5.74) is 0. The van der Waals surface area contributed by atoms with Crippen LogP contribution in [0.15, 0.2) is 0 Å². The molecule has 0 aromatic rings. The molecule has 0 saturated heterocycles. The fourth-order valence-corrected chi connectivity index (χ4v) is 0.526. The second kappa shape index (κ2) is 4.67. The lowest BCUT2D eigenvalue weighted by molar-refractivity contribution is 0.0585. The van der Waals surface area contributed by atoms with Crippen LogP contribution in [-0.2, 0) is 9.47 Å². The average Bonchev–Trinajstić information content (AvgIpc) is 1.53. The van der Waals surface area contributed by atoms with Crippen LogP contribution in [0.3, 0.4) is 0 Å². The van der Waals surface area contributed by atoms with Crippen molar-refractivity contribution in [2.24, 2.45) is 0 Å². The van der Waals surface area contributed by atoms with Gasteiger partial charge in [-0.1, -0.05) is 23.2 Å². The topological polar surface area (TPSA) is 35.5 Å². The summed E-state index contributed by atoms with van der Waals surface area (Å²) in [6.45, 7) is 0. The van der Waals surface area contributed by atoms with E-state index in [9.17, 15) is 4.79 Å². The number of carbonyl (C=O) groups is 1. The highest BCUT2D eigenvalue weighted by Crippen LogP contribution is 2.28. The maximum absolute atomic E-state index is 10.4. The highest BCUT2D eigenvalue weighted by Gasteiger charge is 2.27. The molecule has 0 rings (SSSR count). The van der Waals surface area contributed by atoms with Crippen molar-refractivity contribution in [3.05, 3.63) is 0 Å². The molecular weight excluding hydrogens is 261 g/mol. The maximum atomic E-state index is 10.4. The van der Waals surface area contributed by atoms with Crippen LogP contribution < -0.4 is 0 Å². The number of alkyl halides is 5. The molecule has 0 fully saturated rings. The highest BCUT2D eigenvalue weighted by molar-refractivity contribution is 6.66. The molecule has 0 spiro atoms. The van der Waals surface area contributed by atoms with Crippen LogP contribution in [0.5, 0.6) is 0 Å². The van der Waals surface area contributed by atoms with E-state index in [1.807, 2.05) is 0 Å². The van der Waals surface area contributed by atoms with Crippen LogP contribution in [0.2, 0.25) is 0 Å². The van der Waals surface area contributed by atoms with Crippen molar-refractivity contribution in [1.29, 1.82) is 0 Å². The van der Waals surface area contributed by atoms with E-state index in [1.165, 1.54) is 0 Å². The third-order valence-corrected chi connectivity index (χ3v) is 0.794. The van der Waals surface area contributed by atoms with Crippen LogP contribution in [0.4, 0.5) is 4.79 Å². The van der Waals surface area contributed by atoms with Gasteiger partial charge in [-0.2, -0.15) is 0 Å². The molecule has 0 amide bonds. The Kier molecular flexibility index (Phi) is 4.98. The summed E-state index contributed by atoms with van der Waals surface area (Å²) in [5, 5.41) is -1.35. The third kappa shape index (κ3) is 8.63. The Morgan fingerprint density at radius 1 is 1.27 bits per heavy atom. The van der Waals surface area contributed by atoms with Crippen LogP contribution in [0, 0.1) is 0 Å². The number of hydrogen-bond acceptors (Lipinski definition) is 3. The van der Waals surface area contributed by atoms with Gasteiger partial charge in [-0.3, -0.25) is 0 Å². The van der Waals surface area contributed by atoms with Gasteiger partial charge in [0.1, 0.15) is 0 Å². The standard InChI is InChI=1S/C3HCl5O3/c4-1(5)10-2(9)11-3(6,7)8/h1H. The minimum absolute atomic E-state index is 1.26. The number of carbonyl (C=O) groups excluding carboxylic acids is 1. The van der Waals surface area contributed by atoms with Crippen LogP contribution >= 0.6 is 58.0 Å². The molecule has 11 heavy (non-hydrogen) atoms. The number of hydrogen-bond donors (Lipinski definition) is 0. The number of ether oxygens (including phenoxy) is 2. The predicted molar refractivity (Wildman–Crippen MR) is 43.4 cm³/mol. The SMILES string of the molecule is O=C(OC(Cl)Cl)OC(Cl)(Cl)Cl. The van der Waals surface area contributed by atoms with Crippen molar-refractivity contribution in [3.63, 3.8) is 0 Å². The minimum Gasteiger partial charge on any atom is -0.400 e. The molecule has 66 valence electrons. The molecular formula is C3HCl5O3. The summed E-state index contributed by atoms with van der Waals surface area (Å²) in [7, 11) is 0. The smallest absolute Gasteiger partial charge is 0.400 e. The minimum atomic E-state index is -2.17. The summed E-state index contributed by atoms with van der Waals surface area (Å²) >= 11 is 25.1. The Balaban J connectivity index is 3.71. The first-order chi connectivity index (χ1) is 4.81. The van der Waals surface area contributed by atoms with E-state index < -0.39 is 15.2 Å². The average molecular weight is 262 g/mol. The molecule has 0 saturated carbocycles. The van der Waals surface area contributed by atoms with E-state index >= 15 is 0 Å². The van der Waals surface area contributed by atoms with Gasteiger partial charge in [-0.15, -0.1) is 0 Å².